The minimum absolute atomic E-state index is 0.191. The molecule has 0 aromatic carbocycles. The number of carbonyl (C=O) groups excluding carboxylic acids is 1. The molecule has 0 aliphatic carbocycles. The van der Waals surface area contributed by atoms with Crippen molar-refractivity contribution in [3.63, 3.8) is 0 Å². The van der Waals surface area contributed by atoms with Crippen molar-refractivity contribution in [3.8, 4) is 0 Å². The molecule has 1 heterocycles. The smallest absolute Gasteiger partial charge is 0.255 e. The molecule has 0 atom stereocenters. The molecule has 0 saturated heterocycles. The number of alkyl halides is 1. The molecule has 0 fully saturated rings. The van der Waals surface area contributed by atoms with Crippen molar-refractivity contribution in [2.45, 2.75) is 6.92 Å². The Bertz CT molecular complexity index is 346. The van der Waals surface area contributed by atoms with Crippen LogP contribution in [-0.2, 0) is 0 Å². The third kappa shape index (κ3) is 3.27. The maximum Gasteiger partial charge on any atom is 0.255 e. The van der Waals surface area contributed by atoms with Gasteiger partial charge in [0.2, 0.25) is 0 Å². The molecule has 5 heteroatoms. The number of nitrogens with zero attached hydrogens (tertiary/aromatic N) is 2. The Labute approximate surface area is 96.4 Å². The van der Waals surface area contributed by atoms with E-state index in [9.17, 15) is 9.18 Å². The van der Waals surface area contributed by atoms with E-state index in [1.807, 2.05) is 6.92 Å². The van der Waals surface area contributed by atoms with Crippen molar-refractivity contribution in [2.75, 3.05) is 18.4 Å². The average molecular weight is 275 g/mol. The zero-order valence-corrected chi connectivity index (χ0v) is 10.00. The van der Waals surface area contributed by atoms with Gasteiger partial charge in [0, 0.05) is 24.6 Å². The standard InChI is InChI=1S/C10H12BrFN2O/c1-2-14(4-3-11)10(15)8-5-9(12)7-13-6-8/h5-7H,2-4H2,1H3. The molecule has 82 valence electrons. The van der Waals surface area contributed by atoms with Gasteiger partial charge < -0.3 is 4.90 Å². The quantitative estimate of drug-likeness (QED) is 0.788. The molecule has 0 spiro atoms. The van der Waals surface area contributed by atoms with E-state index in [4.69, 9.17) is 0 Å². The summed E-state index contributed by atoms with van der Waals surface area (Å²) in [4.78, 5) is 17.1. The normalized spacial score (nSPS) is 10.1. The van der Waals surface area contributed by atoms with Crippen molar-refractivity contribution < 1.29 is 9.18 Å². The summed E-state index contributed by atoms with van der Waals surface area (Å²) in [6, 6.07) is 1.20. The highest BCUT2D eigenvalue weighted by Crippen LogP contribution is 2.05. The highest BCUT2D eigenvalue weighted by molar-refractivity contribution is 9.09. The molecular weight excluding hydrogens is 263 g/mol. The Morgan fingerprint density at radius 1 is 1.60 bits per heavy atom. The molecule has 0 unspecified atom stereocenters. The molecular formula is C10H12BrFN2O. The first-order valence-electron chi connectivity index (χ1n) is 4.64. The molecule has 0 radical (unpaired) electrons. The lowest BCUT2D eigenvalue weighted by atomic mass is 10.2. The van der Waals surface area contributed by atoms with E-state index < -0.39 is 5.82 Å². The van der Waals surface area contributed by atoms with Crippen LogP contribution in [0.25, 0.3) is 0 Å². The number of rotatable bonds is 4. The van der Waals surface area contributed by atoms with Crippen molar-refractivity contribution in [1.29, 1.82) is 0 Å². The summed E-state index contributed by atoms with van der Waals surface area (Å²) in [6.45, 7) is 3.08. The van der Waals surface area contributed by atoms with Crippen LogP contribution < -0.4 is 0 Å². The number of amides is 1. The van der Waals surface area contributed by atoms with Gasteiger partial charge in [0.25, 0.3) is 5.91 Å². The van der Waals surface area contributed by atoms with Crippen LogP contribution in [0.1, 0.15) is 17.3 Å². The van der Waals surface area contributed by atoms with Crippen LogP contribution in [0.5, 0.6) is 0 Å². The minimum atomic E-state index is -0.490. The summed E-state index contributed by atoms with van der Waals surface area (Å²) in [5, 5.41) is 0.704. The second-order valence-corrected chi connectivity index (χ2v) is 3.76. The highest BCUT2D eigenvalue weighted by atomic mass is 79.9. The fourth-order valence-corrected chi connectivity index (χ4v) is 1.64. The second-order valence-electron chi connectivity index (χ2n) is 2.97. The molecule has 3 nitrogen and oxygen atoms in total. The Kier molecular flexibility index (Phi) is 4.68. The Hall–Kier alpha value is -0.970. The summed E-state index contributed by atoms with van der Waals surface area (Å²) in [7, 11) is 0. The second kappa shape index (κ2) is 5.80. The van der Waals surface area contributed by atoms with E-state index in [0.29, 0.717) is 18.4 Å². The van der Waals surface area contributed by atoms with Gasteiger partial charge in [-0.05, 0) is 13.0 Å². The summed E-state index contributed by atoms with van der Waals surface area (Å²) in [5.74, 6) is -0.681. The van der Waals surface area contributed by atoms with Crippen LogP contribution in [0.2, 0.25) is 0 Å². The lowest BCUT2D eigenvalue weighted by Crippen LogP contribution is -2.32. The van der Waals surface area contributed by atoms with Gasteiger partial charge in [0.15, 0.2) is 0 Å². The van der Waals surface area contributed by atoms with E-state index in [1.165, 1.54) is 12.3 Å². The van der Waals surface area contributed by atoms with Crippen molar-refractivity contribution in [2.24, 2.45) is 0 Å². The van der Waals surface area contributed by atoms with Crippen LogP contribution in [0.15, 0.2) is 18.5 Å². The molecule has 0 N–H and O–H groups in total. The van der Waals surface area contributed by atoms with Gasteiger partial charge in [0.1, 0.15) is 5.82 Å². The van der Waals surface area contributed by atoms with E-state index in [1.54, 1.807) is 4.90 Å². The molecule has 0 aliphatic heterocycles. The Morgan fingerprint density at radius 3 is 2.87 bits per heavy atom. The summed E-state index contributed by atoms with van der Waals surface area (Å²) < 4.78 is 12.8. The van der Waals surface area contributed by atoms with E-state index in [0.717, 1.165) is 6.20 Å². The molecule has 1 aromatic heterocycles. The van der Waals surface area contributed by atoms with Crippen LogP contribution in [0, 0.1) is 5.82 Å². The molecule has 0 aliphatic rings. The van der Waals surface area contributed by atoms with Gasteiger partial charge in [-0.1, -0.05) is 15.9 Å². The molecule has 1 amide bonds. The molecule has 1 aromatic rings. The fraction of sp³-hybridized carbons (Fsp3) is 0.400. The van der Waals surface area contributed by atoms with Crippen molar-refractivity contribution in [1.82, 2.24) is 9.88 Å². The van der Waals surface area contributed by atoms with Gasteiger partial charge in [0.05, 0.1) is 11.8 Å². The molecule has 0 saturated carbocycles. The fourth-order valence-electron chi connectivity index (χ4n) is 1.22. The summed E-state index contributed by atoms with van der Waals surface area (Å²) >= 11 is 3.26. The first-order chi connectivity index (χ1) is 7.19. The molecule has 15 heavy (non-hydrogen) atoms. The summed E-state index contributed by atoms with van der Waals surface area (Å²) in [6.07, 6.45) is 2.46. The Morgan fingerprint density at radius 2 is 2.33 bits per heavy atom. The van der Waals surface area contributed by atoms with Crippen LogP contribution in [-0.4, -0.2) is 34.2 Å². The zero-order valence-electron chi connectivity index (χ0n) is 8.41. The third-order valence-electron chi connectivity index (χ3n) is 1.98. The predicted octanol–water partition coefficient (Wildman–Crippen LogP) is 2.08. The van der Waals surface area contributed by atoms with Gasteiger partial charge in [-0.25, -0.2) is 4.39 Å². The predicted molar refractivity (Wildman–Crippen MR) is 59.6 cm³/mol. The maximum absolute atomic E-state index is 12.8. The van der Waals surface area contributed by atoms with Gasteiger partial charge >= 0.3 is 0 Å². The number of hydrogen-bond acceptors (Lipinski definition) is 2. The van der Waals surface area contributed by atoms with Crippen LogP contribution >= 0.6 is 15.9 Å². The topological polar surface area (TPSA) is 33.2 Å². The monoisotopic (exact) mass is 274 g/mol. The number of hydrogen-bond donors (Lipinski definition) is 0. The number of aromatic nitrogens is 1. The lowest BCUT2D eigenvalue weighted by Gasteiger charge is -2.19. The zero-order chi connectivity index (χ0) is 11.3. The number of carbonyl (C=O) groups is 1. The lowest BCUT2D eigenvalue weighted by molar-refractivity contribution is 0.0774. The van der Waals surface area contributed by atoms with Gasteiger partial charge in [-0.15, -0.1) is 0 Å². The first-order valence-corrected chi connectivity index (χ1v) is 5.77. The minimum Gasteiger partial charge on any atom is -0.338 e. The van der Waals surface area contributed by atoms with E-state index >= 15 is 0 Å². The van der Waals surface area contributed by atoms with Gasteiger partial charge in [-0.3, -0.25) is 9.78 Å². The maximum atomic E-state index is 12.8. The number of pyridine rings is 1. The SMILES string of the molecule is CCN(CCBr)C(=O)c1cncc(F)c1. The molecule has 0 bridgehead atoms. The highest BCUT2D eigenvalue weighted by Gasteiger charge is 2.13. The number of halogens is 2. The van der Waals surface area contributed by atoms with Gasteiger partial charge in [-0.2, -0.15) is 0 Å². The Balaban J connectivity index is 2.82. The third-order valence-corrected chi connectivity index (χ3v) is 2.33. The van der Waals surface area contributed by atoms with Crippen LogP contribution in [0.4, 0.5) is 4.39 Å². The van der Waals surface area contributed by atoms with E-state index in [-0.39, 0.29) is 11.5 Å². The van der Waals surface area contributed by atoms with Crippen LogP contribution in [0.3, 0.4) is 0 Å². The summed E-state index contributed by atoms with van der Waals surface area (Å²) in [5.41, 5.74) is 0.290. The largest absolute Gasteiger partial charge is 0.338 e. The van der Waals surface area contributed by atoms with Crippen molar-refractivity contribution >= 4 is 21.8 Å². The molecule has 1 rings (SSSR count). The first kappa shape index (κ1) is 12.1. The van der Waals surface area contributed by atoms with E-state index in [2.05, 4.69) is 20.9 Å². The average Bonchev–Trinajstić information content (AvgIpc) is 2.25. The van der Waals surface area contributed by atoms with Crippen molar-refractivity contribution in [3.05, 3.63) is 29.8 Å².